The van der Waals surface area contributed by atoms with Gasteiger partial charge in [0.05, 0.1) is 24.7 Å². The van der Waals surface area contributed by atoms with E-state index in [4.69, 9.17) is 22.3 Å². The van der Waals surface area contributed by atoms with Gasteiger partial charge in [-0.15, -0.1) is 0 Å². The summed E-state index contributed by atoms with van der Waals surface area (Å²) in [7, 11) is 0. The topological polar surface area (TPSA) is 269 Å². The van der Waals surface area contributed by atoms with Crippen molar-refractivity contribution in [2.75, 3.05) is 6.61 Å². The van der Waals surface area contributed by atoms with Gasteiger partial charge in [0.15, 0.2) is 5.78 Å². The fraction of sp³-hybridized carbons (Fsp3) is 0.647. The van der Waals surface area contributed by atoms with Crippen molar-refractivity contribution in [1.82, 2.24) is 21.3 Å². The number of hydrogen-bond donors (Lipinski definition) is 9. The van der Waals surface area contributed by atoms with Gasteiger partial charge in [0.2, 0.25) is 29.5 Å². The molecule has 0 aromatic heterocycles. The molecule has 2 rings (SSSR count). The lowest BCUT2D eigenvalue weighted by Gasteiger charge is -2.35. The van der Waals surface area contributed by atoms with Gasteiger partial charge in [-0.1, -0.05) is 64.4 Å². The number of aliphatic hydroxyl groups excluding tert-OH is 2. The average Bonchev–Trinajstić information content (AvgIpc) is 3.55. The molecular weight excluding hydrogens is 634 g/mol. The van der Waals surface area contributed by atoms with Gasteiger partial charge >= 0.3 is 0 Å². The van der Waals surface area contributed by atoms with E-state index in [1.807, 2.05) is 0 Å². The van der Waals surface area contributed by atoms with Gasteiger partial charge < -0.3 is 48.7 Å². The van der Waals surface area contributed by atoms with Crippen LogP contribution in [0.25, 0.3) is 0 Å². The first-order valence-electron chi connectivity index (χ1n) is 16.8. The molecule has 1 aliphatic rings. The predicted molar refractivity (Wildman–Crippen MR) is 182 cm³/mol. The molecule has 0 heterocycles. The predicted octanol–water partition coefficient (Wildman–Crippen LogP) is -1.26. The maximum absolute atomic E-state index is 14.1. The molecule has 0 spiro atoms. The highest BCUT2D eigenvalue weighted by Crippen LogP contribution is 2.40. The molecule has 10 atom stereocenters. The van der Waals surface area contributed by atoms with Gasteiger partial charge in [0, 0.05) is 12.0 Å². The van der Waals surface area contributed by atoms with Crippen LogP contribution in [-0.4, -0.2) is 88.5 Å². The molecule has 49 heavy (non-hydrogen) atoms. The number of Topliss-reactive ketones (excluding diaryl/α,β-unsaturated/α-hetero) is 1. The Morgan fingerprint density at radius 1 is 0.776 bits per heavy atom. The normalized spacial score (nSPS) is 21.0. The van der Waals surface area contributed by atoms with E-state index < -0.39 is 102 Å². The van der Waals surface area contributed by atoms with Crippen molar-refractivity contribution in [2.24, 2.45) is 46.8 Å². The standard InChI is InChI=1S/C34H55N7O8/c1-16(2)26(30(37)45)40-34(49)27(17(3)4)41-32(47)22-14-10-13-21(22)29(44)24(25(36)20-11-8-7-9-12-20)28(43)18(5)38-31(46)19(6)39-33(48)23(35)15-42/h7-9,11-12,16-19,21-27,29,42,44H,10,13-15,35-36H2,1-6H3,(H2,37,45)(H,38,46)(H,39,48)(H,40,49)(H,41,47)/t18-,19-,21?,22?,23-,24?,25?,26-,27-,29?/m0/s1. The van der Waals surface area contributed by atoms with Crippen molar-refractivity contribution >= 4 is 35.3 Å². The molecule has 1 fully saturated rings. The maximum Gasteiger partial charge on any atom is 0.243 e. The van der Waals surface area contributed by atoms with Gasteiger partial charge in [-0.2, -0.15) is 0 Å². The average molecular weight is 690 g/mol. The molecule has 0 saturated heterocycles. The SMILES string of the molecule is CC(C)[C@H](NC(=O)[C@@H](NC(=O)C1CCCC1C(O)C(C(=O)[C@H](C)NC(=O)[C@H](C)NC(=O)[C@@H](N)CO)C(N)c1ccccc1)C(C)C)C(N)=O. The van der Waals surface area contributed by atoms with Crippen LogP contribution in [0.4, 0.5) is 0 Å². The first kappa shape index (κ1) is 41.3. The second kappa shape index (κ2) is 18.7. The summed E-state index contributed by atoms with van der Waals surface area (Å²) in [6.07, 6.45) is -0.0611. The minimum atomic E-state index is -1.41. The highest BCUT2D eigenvalue weighted by Gasteiger charge is 2.46. The summed E-state index contributed by atoms with van der Waals surface area (Å²) in [6, 6.07) is 2.24. The van der Waals surface area contributed by atoms with Gasteiger partial charge in [-0.25, -0.2) is 0 Å². The number of ketones is 1. The lowest BCUT2D eigenvalue weighted by molar-refractivity contribution is -0.138. The highest BCUT2D eigenvalue weighted by atomic mass is 16.3. The quantitative estimate of drug-likeness (QED) is 0.0883. The monoisotopic (exact) mass is 689 g/mol. The number of amides is 5. The van der Waals surface area contributed by atoms with E-state index in [0.717, 1.165) is 0 Å². The smallest absolute Gasteiger partial charge is 0.243 e. The largest absolute Gasteiger partial charge is 0.394 e. The third kappa shape index (κ3) is 11.0. The van der Waals surface area contributed by atoms with Gasteiger partial charge in [0.1, 0.15) is 24.2 Å². The first-order chi connectivity index (χ1) is 22.9. The number of rotatable bonds is 18. The minimum Gasteiger partial charge on any atom is -0.394 e. The van der Waals surface area contributed by atoms with Crippen LogP contribution in [0, 0.1) is 29.6 Å². The molecule has 1 saturated carbocycles. The van der Waals surface area contributed by atoms with Gasteiger partial charge in [-0.05, 0) is 50.0 Å². The number of aliphatic hydroxyl groups is 2. The summed E-state index contributed by atoms with van der Waals surface area (Å²) in [5, 5.41) is 31.4. The van der Waals surface area contributed by atoms with Crippen LogP contribution in [0.1, 0.15) is 72.4 Å². The maximum atomic E-state index is 14.1. The van der Waals surface area contributed by atoms with E-state index in [0.29, 0.717) is 24.8 Å². The lowest BCUT2D eigenvalue weighted by atomic mass is 9.75. The second-order valence-electron chi connectivity index (χ2n) is 13.7. The Morgan fingerprint density at radius 2 is 1.35 bits per heavy atom. The van der Waals surface area contributed by atoms with E-state index in [9.17, 15) is 33.9 Å². The van der Waals surface area contributed by atoms with Gasteiger partial charge in [0.25, 0.3) is 0 Å². The van der Waals surface area contributed by atoms with Crippen molar-refractivity contribution in [3.05, 3.63) is 35.9 Å². The van der Waals surface area contributed by atoms with Crippen molar-refractivity contribution in [3.8, 4) is 0 Å². The number of hydrogen-bond acceptors (Lipinski definition) is 10. The number of carbonyl (C=O) groups is 6. The molecule has 0 aliphatic heterocycles. The van der Waals surface area contributed by atoms with Gasteiger partial charge in [-0.3, -0.25) is 28.8 Å². The van der Waals surface area contributed by atoms with Crippen LogP contribution in [0.15, 0.2) is 30.3 Å². The van der Waals surface area contributed by atoms with Crippen LogP contribution < -0.4 is 38.5 Å². The van der Waals surface area contributed by atoms with E-state index >= 15 is 0 Å². The molecule has 1 aromatic rings. The Labute approximate surface area is 287 Å². The molecule has 274 valence electrons. The first-order valence-corrected chi connectivity index (χ1v) is 16.8. The van der Waals surface area contributed by atoms with Crippen LogP contribution in [-0.2, 0) is 28.8 Å². The summed E-state index contributed by atoms with van der Waals surface area (Å²) < 4.78 is 0. The van der Waals surface area contributed by atoms with Crippen LogP contribution in [0.2, 0.25) is 0 Å². The molecule has 5 amide bonds. The van der Waals surface area contributed by atoms with Crippen molar-refractivity contribution < 1.29 is 39.0 Å². The molecular formula is C34H55N7O8. The Morgan fingerprint density at radius 3 is 1.88 bits per heavy atom. The van der Waals surface area contributed by atoms with Crippen LogP contribution in [0.5, 0.6) is 0 Å². The van der Waals surface area contributed by atoms with Crippen LogP contribution >= 0.6 is 0 Å². The van der Waals surface area contributed by atoms with E-state index in [1.165, 1.54) is 13.8 Å². The van der Waals surface area contributed by atoms with Crippen molar-refractivity contribution in [3.63, 3.8) is 0 Å². The fourth-order valence-corrected chi connectivity index (χ4v) is 6.20. The third-order valence-electron chi connectivity index (χ3n) is 9.20. The molecule has 0 bridgehead atoms. The van der Waals surface area contributed by atoms with Crippen molar-refractivity contribution in [1.29, 1.82) is 0 Å². The molecule has 15 heteroatoms. The second-order valence-corrected chi connectivity index (χ2v) is 13.7. The van der Waals surface area contributed by atoms with E-state index in [-0.39, 0.29) is 11.8 Å². The van der Waals surface area contributed by atoms with E-state index in [2.05, 4.69) is 21.3 Å². The fourth-order valence-electron chi connectivity index (χ4n) is 6.20. The summed E-state index contributed by atoms with van der Waals surface area (Å²) >= 11 is 0. The summed E-state index contributed by atoms with van der Waals surface area (Å²) in [6.45, 7) is 9.17. The summed E-state index contributed by atoms with van der Waals surface area (Å²) in [5.41, 5.74) is 18.2. The Kier molecular flexibility index (Phi) is 15.8. The number of nitrogens with two attached hydrogens (primary N) is 3. The number of benzene rings is 1. The Bertz CT molecular complexity index is 1310. The van der Waals surface area contributed by atoms with Crippen molar-refractivity contribution in [2.45, 2.75) is 103 Å². The highest BCUT2D eigenvalue weighted by molar-refractivity contribution is 5.95. The minimum absolute atomic E-state index is 0.277. The van der Waals surface area contributed by atoms with E-state index in [1.54, 1.807) is 58.0 Å². The molecule has 1 aliphatic carbocycles. The molecule has 15 nitrogen and oxygen atoms in total. The molecule has 5 unspecified atom stereocenters. The third-order valence-corrected chi connectivity index (χ3v) is 9.20. The lowest BCUT2D eigenvalue weighted by Crippen LogP contribution is -2.57. The summed E-state index contributed by atoms with van der Waals surface area (Å²) in [4.78, 5) is 77.9. The molecule has 0 radical (unpaired) electrons. The zero-order valence-electron chi connectivity index (χ0n) is 29.2. The molecule has 12 N–H and O–H groups in total. The number of carbonyl (C=O) groups excluding carboxylic acids is 6. The molecule has 1 aromatic carbocycles. The van der Waals surface area contributed by atoms with Crippen LogP contribution in [0.3, 0.4) is 0 Å². The summed E-state index contributed by atoms with van der Waals surface area (Å²) in [5.74, 6) is -7.15. The zero-order chi connectivity index (χ0) is 37.2. The zero-order valence-corrected chi connectivity index (χ0v) is 29.2. The number of primary amides is 1. The Hall–Kier alpha value is -3.92. The number of nitrogens with one attached hydrogen (secondary N) is 4. The Balaban J connectivity index is 2.33.